The zero-order valence-electron chi connectivity index (χ0n) is 15.2. The molecule has 1 heterocycles. The number of carbonyl (C=O) groups excluding carboxylic acids is 1. The summed E-state index contributed by atoms with van der Waals surface area (Å²) in [6, 6.07) is 8.43. The van der Waals surface area contributed by atoms with Crippen LogP contribution in [0.3, 0.4) is 0 Å². The van der Waals surface area contributed by atoms with Gasteiger partial charge < -0.3 is 11.1 Å². The number of nitrogens with zero attached hydrogens (tertiary/aromatic N) is 1. The molecule has 2 rings (SSSR count). The minimum Gasteiger partial charge on any atom is -0.354 e. The summed E-state index contributed by atoms with van der Waals surface area (Å²) < 4.78 is 0. The molecule has 0 saturated heterocycles. The summed E-state index contributed by atoms with van der Waals surface area (Å²) in [6.45, 7) is 6.74. The van der Waals surface area contributed by atoms with Crippen molar-refractivity contribution in [3.63, 3.8) is 0 Å². The van der Waals surface area contributed by atoms with Gasteiger partial charge in [0.15, 0.2) is 0 Å². The highest BCUT2D eigenvalue weighted by atomic mass is 35.5. The molecule has 3 N–H and O–H groups in total. The van der Waals surface area contributed by atoms with Crippen LogP contribution in [-0.2, 0) is 17.6 Å². The van der Waals surface area contributed by atoms with Crippen LogP contribution in [0, 0.1) is 0 Å². The number of nitrogens with two attached hydrogens (primary N) is 1. The Morgan fingerprint density at radius 1 is 1.20 bits per heavy atom. The molecule has 0 saturated carbocycles. The van der Waals surface area contributed by atoms with E-state index in [1.54, 1.807) is 11.3 Å². The number of halogens is 1. The average molecular weight is 382 g/mol. The first-order valence-electron chi connectivity index (χ1n) is 8.59. The lowest BCUT2D eigenvalue weighted by Gasteiger charge is -2.26. The van der Waals surface area contributed by atoms with E-state index in [1.807, 2.05) is 19.2 Å². The molecule has 0 atom stereocenters. The molecule has 138 valence electrons. The summed E-state index contributed by atoms with van der Waals surface area (Å²) in [5, 5.41) is 5.85. The van der Waals surface area contributed by atoms with Crippen molar-refractivity contribution >= 4 is 29.7 Å². The average Bonchev–Trinajstić information content (AvgIpc) is 3.08. The Morgan fingerprint density at radius 3 is 2.40 bits per heavy atom. The predicted molar refractivity (Wildman–Crippen MR) is 108 cm³/mol. The molecule has 0 unspecified atom stereocenters. The molecule has 0 aliphatic carbocycles. The van der Waals surface area contributed by atoms with Gasteiger partial charge in [-0.25, -0.2) is 4.98 Å². The van der Waals surface area contributed by atoms with Gasteiger partial charge in [0.05, 0.1) is 12.1 Å². The van der Waals surface area contributed by atoms with E-state index < -0.39 is 0 Å². The number of benzene rings is 1. The molecule has 2 aromatic rings. The SMILES string of the molecule is CCc1ccc(-c2nc(CC(=O)NCC(N)(CC)CC)cs2)cc1.Cl. The fourth-order valence-corrected chi connectivity index (χ4v) is 3.23. The van der Waals surface area contributed by atoms with Crippen LogP contribution in [0.2, 0.25) is 0 Å². The number of hydrogen-bond donors (Lipinski definition) is 2. The van der Waals surface area contributed by atoms with Crippen LogP contribution in [-0.4, -0.2) is 23.0 Å². The number of aryl methyl sites for hydroxylation is 1. The summed E-state index contributed by atoms with van der Waals surface area (Å²) in [5.41, 5.74) is 9.12. The third-order valence-corrected chi connectivity index (χ3v) is 5.49. The van der Waals surface area contributed by atoms with Crippen molar-refractivity contribution in [1.29, 1.82) is 0 Å². The van der Waals surface area contributed by atoms with Crippen molar-refractivity contribution in [2.75, 3.05) is 6.54 Å². The third-order valence-electron chi connectivity index (χ3n) is 4.55. The second-order valence-corrected chi connectivity index (χ2v) is 7.08. The number of nitrogens with one attached hydrogen (secondary N) is 1. The van der Waals surface area contributed by atoms with E-state index >= 15 is 0 Å². The first-order chi connectivity index (χ1) is 11.5. The van der Waals surface area contributed by atoms with E-state index in [0.29, 0.717) is 13.0 Å². The maximum Gasteiger partial charge on any atom is 0.226 e. The quantitative estimate of drug-likeness (QED) is 0.726. The van der Waals surface area contributed by atoms with Gasteiger partial charge in [-0.1, -0.05) is 45.0 Å². The topological polar surface area (TPSA) is 68.0 Å². The van der Waals surface area contributed by atoms with Crippen LogP contribution >= 0.6 is 23.7 Å². The highest BCUT2D eigenvalue weighted by Crippen LogP contribution is 2.24. The smallest absolute Gasteiger partial charge is 0.226 e. The number of carbonyl (C=O) groups is 1. The molecule has 4 nitrogen and oxygen atoms in total. The molecule has 0 aliphatic rings. The standard InChI is InChI=1S/C19H27N3OS.ClH/c1-4-14-7-9-15(10-8-14)18-22-16(12-24-18)11-17(23)21-13-19(20,5-2)6-3;/h7-10,12H,4-6,11,13,20H2,1-3H3,(H,21,23);1H. The summed E-state index contributed by atoms with van der Waals surface area (Å²) in [7, 11) is 0. The lowest BCUT2D eigenvalue weighted by molar-refractivity contribution is -0.120. The number of aromatic nitrogens is 1. The van der Waals surface area contributed by atoms with Crippen LogP contribution < -0.4 is 11.1 Å². The Labute approximate surface area is 160 Å². The van der Waals surface area contributed by atoms with Gasteiger partial charge in [-0.3, -0.25) is 4.79 Å². The fraction of sp³-hybridized carbons (Fsp3) is 0.474. The van der Waals surface area contributed by atoms with Gasteiger partial charge in [0.1, 0.15) is 5.01 Å². The molecule has 0 fully saturated rings. The van der Waals surface area contributed by atoms with Crippen molar-refractivity contribution in [1.82, 2.24) is 10.3 Å². The molecule has 1 amide bonds. The normalized spacial score (nSPS) is 11.0. The maximum atomic E-state index is 12.1. The Kier molecular flexibility index (Phi) is 8.56. The monoisotopic (exact) mass is 381 g/mol. The predicted octanol–water partition coefficient (Wildman–Crippen LogP) is 3.97. The summed E-state index contributed by atoms with van der Waals surface area (Å²) in [5.74, 6) is -0.0232. The molecule has 1 aromatic heterocycles. The lowest BCUT2D eigenvalue weighted by Crippen LogP contribution is -2.49. The molecule has 25 heavy (non-hydrogen) atoms. The van der Waals surface area contributed by atoms with Crippen molar-refractivity contribution in [3.05, 3.63) is 40.9 Å². The molecular weight excluding hydrogens is 354 g/mol. The second-order valence-electron chi connectivity index (χ2n) is 6.22. The van der Waals surface area contributed by atoms with E-state index in [9.17, 15) is 4.79 Å². The van der Waals surface area contributed by atoms with Crippen molar-refractivity contribution in [2.24, 2.45) is 5.73 Å². The van der Waals surface area contributed by atoms with Crippen molar-refractivity contribution in [3.8, 4) is 10.6 Å². The van der Waals surface area contributed by atoms with Crippen molar-refractivity contribution < 1.29 is 4.79 Å². The van der Waals surface area contributed by atoms with Crippen LogP contribution in [0.25, 0.3) is 10.6 Å². The van der Waals surface area contributed by atoms with Crippen LogP contribution in [0.4, 0.5) is 0 Å². The van der Waals surface area contributed by atoms with Gasteiger partial charge in [0.2, 0.25) is 5.91 Å². The fourth-order valence-electron chi connectivity index (χ4n) is 2.41. The molecule has 0 radical (unpaired) electrons. The zero-order valence-corrected chi connectivity index (χ0v) is 16.8. The molecular formula is C19H28ClN3OS. The number of hydrogen-bond acceptors (Lipinski definition) is 4. The number of amides is 1. The first-order valence-corrected chi connectivity index (χ1v) is 9.47. The summed E-state index contributed by atoms with van der Waals surface area (Å²) in [4.78, 5) is 16.7. The Bertz CT molecular complexity index is 666. The van der Waals surface area contributed by atoms with E-state index in [4.69, 9.17) is 5.73 Å². The highest BCUT2D eigenvalue weighted by Gasteiger charge is 2.21. The minimum atomic E-state index is -0.316. The van der Waals surface area contributed by atoms with Gasteiger partial charge in [-0.05, 0) is 24.8 Å². The number of rotatable bonds is 8. The van der Waals surface area contributed by atoms with Gasteiger partial charge in [0.25, 0.3) is 0 Å². The molecule has 6 heteroatoms. The van der Waals surface area contributed by atoms with Crippen LogP contribution in [0.1, 0.15) is 44.9 Å². The van der Waals surface area contributed by atoms with Gasteiger partial charge >= 0.3 is 0 Å². The Balaban J connectivity index is 0.00000312. The molecule has 0 aliphatic heterocycles. The maximum absolute atomic E-state index is 12.1. The number of thiazole rings is 1. The molecule has 1 aromatic carbocycles. The minimum absolute atomic E-state index is 0. The van der Waals surface area contributed by atoms with Crippen LogP contribution in [0.5, 0.6) is 0 Å². The second kappa shape index (κ2) is 9.90. The highest BCUT2D eigenvalue weighted by molar-refractivity contribution is 7.13. The summed E-state index contributed by atoms with van der Waals surface area (Å²) in [6.07, 6.45) is 3.02. The molecule has 0 spiro atoms. The van der Waals surface area contributed by atoms with E-state index in [-0.39, 0.29) is 23.9 Å². The van der Waals surface area contributed by atoms with E-state index in [2.05, 4.69) is 41.5 Å². The largest absolute Gasteiger partial charge is 0.354 e. The van der Waals surface area contributed by atoms with Crippen molar-refractivity contribution in [2.45, 2.75) is 52.0 Å². The zero-order chi connectivity index (χ0) is 17.6. The van der Waals surface area contributed by atoms with E-state index in [0.717, 1.165) is 35.5 Å². The Morgan fingerprint density at radius 2 is 1.84 bits per heavy atom. The van der Waals surface area contributed by atoms with Crippen LogP contribution in [0.15, 0.2) is 29.6 Å². The van der Waals surface area contributed by atoms with E-state index in [1.165, 1.54) is 5.56 Å². The summed E-state index contributed by atoms with van der Waals surface area (Å²) >= 11 is 1.57. The first kappa shape index (κ1) is 21.6. The van der Waals surface area contributed by atoms with Gasteiger partial charge in [-0.2, -0.15) is 0 Å². The van der Waals surface area contributed by atoms with Gasteiger partial charge in [-0.15, -0.1) is 23.7 Å². The molecule has 0 bridgehead atoms. The lowest BCUT2D eigenvalue weighted by atomic mass is 9.94. The van der Waals surface area contributed by atoms with Gasteiger partial charge in [0, 0.05) is 23.0 Å². The third kappa shape index (κ3) is 6.10. The Hall–Kier alpha value is -1.43.